The van der Waals surface area contributed by atoms with Gasteiger partial charge in [0.15, 0.2) is 17.4 Å². The van der Waals surface area contributed by atoms with Crippen LogP contribution in [0.1, 0.15) is 12.1 Å². The number of aryl methyl sites for hydroxylation is 1. The van der Waals surface area contributed by atoms with Gasteiger partial charge in [-0.15, -0.1) is 0 Å². The summed E-state index contributed by atoms with van der Waals surface area (Å²) in [6, 6.07) is 0. The molecule has 1 atom stereocenters. The molecule has 2 heterocycles. The first-order chi connectivity index (χ1) is 7.54. The van der Waals surface area contributed by atoms with E-state index in [9.17, 15) is 9.90 Å². The molecule has 0 aliphatic rings. The van der Waals surface area contributed by atoms with Gasteiger partial charge in [-0.2, -0.15) is 4.98 Å². The van der Waals surface area contributed by atoms with E-state index in [1.165, 1.54) is 10.6 Å². The van der Waals surface area contributed by atoms with Crippen LogP contribution in [0.25, 0.3) is 11.2 Å². The number of nitrogens with two attached hydrogens (primary N) is 1. The largest absolute Gasteiger partial charge is 0.369 e. The minimum Gasteiger partial charge on any atom is -0.369 e. The molecule has 7 nitrogen and oxygen atoms in total. The fraction of sp³-hybridized carbons (Fsp3) is 0.222. The number of aromatic amines is 1. The highest BCUT2D eigenvalue weighted by Gasteiger charge is 2.16. The molecule has 0 aliphatic heterocycles. The fourth-order valence-corrected chi connectivity index (χ4v) is 1.53. The first kappa shape index (κ1) is 10.4. The number of nitrogens with zero attached hydrogens (tertiary/aromatic N) is 3. The van der Waals surface area contributed by atoms with E-state index in [0.717, 1.165) is 0 Å². The predicted molar refractivity (Wildman–Crippen MR) is 58.8 cm³/mol. The van der Waals surface area contributed by atoms with Crippen LogP contribution in [-0.2, 0) is 0 Å². The minimum absolute atomic E-state index is 0.0186. The Bertz CT molecular complexity index is 612. The Morgan fingerprint density at radius 1 is 1.62 bits per heavy atom. The maximum Gasteiger partial charge on any atom is 0.280 e. The quantitative estimate of drug-likeness (QED) is 0.602. The molecule has 16 heavy (non-hydrogen) atoms. The second-order valence-electron chi connectivity index (χ2n) is 3.30. The van der Waals surface area contributed by atoms with Crippen molar-refractivity contribution in [3.8, 4) is 0 Å². The maximum absolute atomic E-state index is 11.5. The van der Waals surface area contributed by atoms with Crippen molar-refractivity contribution in [2.24, 2.45) is 0 Å². The van der Waals surface area contributed by atoms with Gasteiger partial charge in [0.05, 0.1) is 0 Å². The van der Waals surface area contributed by atoms with Crippen LogP contribution >= 0.6 is 0 Å². The number of hydrogen-bond donors (Lipinski definition) is 3. The smallest absolute Gasteiger partial charge is 0.280 e. The molecule has 2 rings (SSSR count). The number of H-pyrrole nitrogens is 1. The molecule has 2 aromatic heterocycles. The van der Waals surface area contributed by atoms with Crippen molar-refractivity contribution >= 4 is 17.1 Å². The third-order valence-corrected chi connectivity index (χ3v) is 2.22. The fourth-order valence-electron chi connectivity index (χ4n) is 1.53. The van der Waals surface area contributed by atoms with Gasteiger partial charge in [0, 0.05) is 0 Å². The van der Waals surface area contributed by atoms with Crippen molar-refractivity contribution in [3.05, 3.63) is 28.8 Å². The minimum atomic E-state index is -0.987. The van der Waals surface area contributed by atoms with Gasteiger partial charge < -0.3 is 10.8 Å². The van der Waals surface area contributed by atoms with Gasteiger partial charge in [-0.05, 0) is 13.0 Å². The Kier molecular flexibility index (Phi) is 2.24. The number of fused-ring (bicyclic) bond motifs is 1. The van der Waals surface area contributed by atoms with Crippen LogP contribution < -0.4 is 11.3 Å². The molecule has 0 spiro atoms. The maximum atomic E-state index is 11.5. The lowest BCUT2D eigenvalue weighted by Gasteiger charge is -2.09. The highest BCUT2D eigenvalue weighted by atomic mass is 16.3. The molecule has 4 N–H and O–H groups in total. The van der Waals surface area contributed by atoms with Crippen molar-refractivity contribution in [3.63, 3.8) is 0 Å². The van der Waals surface area contributed by atoms with Crippen LogP contribution in [0.2, 0.25) is 0 Å². The van der Waals surface area contributed by atoms with E-state index in [1.54, 1.807) is 6.92 Å². The number of hydrogen-bond acceptors (Lipinski definition) is 5. The second kappa shape index (κ2) is 3.46. The second-order valence-corrected chi connectivity index (χ2v) is 3.30. The molecule has 7 heteroatoms. The summed E-state index contributed by atoms with van der Waals surface area (Å²) in [5.74, 6) is 0.445. The highest BCUT2D eigenvalue weighted by molar-refractivity contribution is 5.71. The molecule has 0 aliphatic carbocycles. The van der Waals surface area contributed by atoms with Gasteiger partial charge in [-0.25, -0.2) is 4.98 Å². The molecule has 0 amide bonds. The van der Waals surface area contributed by atoms with Gasteiger partial charge in [-0.3, -0.25) is 14.3 Å². The van der Waals surface area contributed by atoms with Crippen LogP contribution in [0, 0.1) is 6.92 Å². The van der Waals surface area contributed by atoms with E-state index in [-0.39, 0.29) is 17.1 Å². The summed E-state index contributed by atoms with van der Waals surface area (Å²) in [7, 11) is 0. The third-order valence-electron chi connectivity index (χ3n) is 2.22. The summed E-state index contributed by atoms with van der Waals surface area (Å²) < 4.78 is 1.38. The highest BCUT2D eigenvalue weighted by Crippen LogP contribution is 2.16. The van der Waals surface area contributed by atoms with Crippen molar-refractivity contribution in [2.75, 3.05) is 5.73 Å². The standard InChI is InChI=1S/C9H11N5O2/c1-3-5(15)14-4(2)11-6-7(14)12-9(10)13-8(6)16/h3,5,15H,1H2,2H3,(H3,10,12,13,16). The molecular weight excluding hydrogens is 210 g/mol. The lowest BCUT2D eigenvalue weighted by molar-refractivity contribution is 0.156. The van der Waals surface area contributed by atoms with E-state index >= 15 is 0 Å². The van der Waals surface area contributed by atoms with Crippen LogP contribution in [0.3, 0.4) is 0 Å². The zero-order valence-corrected chi connectivity index (χ0v) is 8.64. The van der Waals surface area contributed by atoms with E-state index in [0.29, 0.717) is 5.82 Å². The average Bonchev–Trinajstić information content (AvgIpc) is 2.54. The van der Waals surface area contributed by atoms with Gasteiger partial charge in [-0.1, -0.05) is 6.58 Å². The topological polar surface area (TPSA) is 110 Å². The zero-order valence-electron chi connectivity index (χ0n) is 8.64. The molecule has 0 saturated carbocycles. The van der Waals surface area contributed by atoms with Crippen molar-refractivity contribution in [1.82, 2.24) is 19.5 Å². The van der Waals surface area contributed by atoms with Gasteiger partial charge in [0.2, 0.25) is 5.95 Å². The molecule has 0 saturated heterocycles. The Hall–Kier alpha value is -2.15. The predicted octanol–water partition coefficient (Wildman–Crippen LogP) is -0.313. The van der Waals surface area contributed by atoms with Crippen LogP contribution in [-0.4, -0.2) is 24.6 Å². The number of nitrogens with one attached hydrogen (secondary N) is 1. The molecule has 0 bridgehead atoms. The van der Waals surface area contributed by atoms with Crippen molar-refractivity contribution in [2.45, 2.75) is 13.2 Å². The number of rotatable bonds is 2. The molecule has 84 valence electrons. The summed E-state index contributed by atoms with van der Waals surface area (Å²) in [6.45, 7) is 5.12. The van der Waals surface area contributed by atoms with Gasteiger partial charge >= 0.3 is 0 Å². The number of aliphatic hydroxyl groups is 1. The van der Waals surface area contributed by atoms with Crippen LogP contribution in [0.15, 0.2) is 17.4 Å². The number of aromatic nitrogens is 4. The van der Waals surface area contributed by atoms with Gasteiger partial charge in [0.25, 0.3) is 5.56 Å². The van der Waals surface area contributed by atoms with Crippen molar-refractivity contribution < 1.29 is 5.11 Å². The lowest BCUT2D eigenvalue weighted by Crippen LogP contribution is -2.13. The molecule has 0 aromatic carbocycles. The first-order valence-corrected chi connectivity index (χ1v) is 4.59. The third kappa shape index (κ3) is 1.38. The van der Waals surface area contributed by atoms with E-state index < -0.39 is 11.8 Å². The Morgan fingerprint density at radius 2 is 2.31 bits per heavy atom. The number of imidazole rings is 1. The van der Waals surface area contributed by atoms with E-state index in [4.69, 9.17) is 5.73 Å². The summed E-state index contributed by atoms with van der Waals surface area (Å²) in [6.07, 6.45) is 0.325. The molecule has 0 fully saturated rings. The Labute approximate surface area is 90.3 Å². The summed E-state index contributed by atoms with van der Waals surface area (Å²) >= 11 is 0. The molecule has 1 unspecified atom stereocenters. The Balaban J connectivity index is 2.88. The van der Waals surface area contributed by atoms with Gasteiger partial charge in [0.1, 0.15) is 5.82 Å². The molecule has 0 radical (unpaired) electrons. The van der Waals surface area contributed by atoms with Crippen LogP contribution in [0.4, 0.5) is 5.95 Å². The summed E-state index contributed by atoms with van der Waals surface area (Å²) in [5.41, 5.74) is 5.39. The monoisotopic (exact) mass is 221 g/mol. The van der Waals surface area contributed by atoms with E-state index in [2.05, 4.69) is 21.5 Å². The summed E-state index contributed by atoms with van der Waals surface area (Å²) in [4.78, 5) is 21.8. The van der Waals surface area contributed by atoms with E-state index in [1.807, 2.05) is 0 Å². The lowest BCUT2D eigenvalue weighted by atomic mass is 10.5. The first-order valence-electron chi connectivity index (χ1n) is 4.59. The number of aliphatic hydroxyl groups excluding tert-OH is 1. The Morgan fingerprint density at radius 3 is 2.94 bits per heavy atom. The zero-order chi connectivity index (χ0) is 11.9. The number of anilines is 1. The van der Waals surface area contributed by atoms with Crippen molar-refractivity contribution in [1.29, 1.82) is 0 Å². The van der Waals surface area contributed by atoms with Crippen LogP contribution in [0.5, 0.6) is 0 Å². The normalized spacial score (nSPS) is 12.9. The average molecular weight is 221 g/mol. The molecular formula is C9H11N5O2. The SMILES string of the molecule is C=CC(O)n1c(C)nc2c(=O)[nH]c(N)nc21. The molecule has 2 aromatic rings. The number of nitrogen functional groups attached to an aromatic ring is 1. The summed E-state index contributed by atoms with van der Waals surface area (Å²) in [5, 5.41) is 9.69.